The molecule has 3 nitrogen and oxygen atoms in total. The van der Waals surface area contributed by atoms with Crippen molar-refractivity contribution in [3.63, 3.8) is 0 Å². The van der Waals surface area contributed by atoms with Crippen molar-refractivity contribution in [3.8, 4) is 0 Å². The number of rotatable bonds is 5. The van der Waals surface area contributed by atoms with Crippen LogP contribution in [-0.4, -0.2) is 17.6 Å². The summed E-state index contributed by atoms with van der Waals surface area (Å²) in [4.78, 5) is 14.1. The van der Waals surface area contributed by atoms with Gasteiger partial charge in [0.15, 0.2) is 0 Å². The number of anilines is 1. The third-order valence-electron chi connectivity index (χ3n) is 2.93. The average molecular weight is 375 g/mol. The quantitative estimate of drug-likeness (QED) is 0.816. The molecule has 0 amide bonds. The fourth-order valence-corrected chi connectivity index (χ4v) is 3.57. The summed E-state index contributed by atoms with van der Waals surface area (Å²) < 4.78 is 1.01. The summed E-state index contributed by atoms with van der Waals surface area (Å²) in [7, 11) is 0. The molecule has 0 saturated heterocycles. The van der Waals surface area contributed by atoms with Gasteiger partial charge in [0.05, 0.1) is 6.04 Å². The van der Waals surface area contributed by atoms with Gasteiger partial charge < -0.3 is 10.0 Å². The van der Waals surface area contributed by atoms with Gasteiger partial charge in [0.1, 0.15) is 6.54 Å². The number of halogens is 2. The smallest absolute Gasteiger partial charge is 0.323 e. The highest BCUT2D eigenvalue weighted by Crippen LogP contribution is 2.32. The van der Waals surface area contributed by atoms with E-state index in [1.54, 1.807) is 23.5 Å². The average Bonchev–Trinajstić information content (AvgIpc) is 2.83. The predicted molar refractivity (Wildman–Crippen MR) is 86.9 cm³/mol. The van der Waals surface area contributed by atoms with E-state index in [-0.39, 0.29) is 12.6 Å². The van der Waals surface area contributed by atoms with Crippen molar-refractivity contribution in [1.29, 1.82) is 0 Å². The minimum atomic E-state index is -0.859. The summed E-state index contributed by atoms with van der Waals surface area (Å²) in [6.07, 6.45) is 0. The molecule has 0 aliphatic heterocycles. The number of carboxylic acid groups (broad SMARTS) is 1. The molecule has 20 heavy (non-hydrogen) atoms. The second-order valence-corrected chi connectivity index (χ2v) is 6.64. The Hall–Kier alpha value is -1.04. The van der Waals surface area contributed by atoms with E-state index in [0.717, 1.165) is 15.0 Å². The Morgan fingerprint density at radius 1 is 1.45 bits per heavy atom. The summed E-state index contributed by atoms with van der Waals surface area (Å²) >= 11 is 10.9. The van der Waals surface area contributed by atoms with Crippen LogP contribution in [0.3, 0.4) is 0 Å². The Bertz CT molecular complexity index is 599. The second kappa shape index (κ2) is 6.61. The molecule has 1 unspecified atom stereocenters. The van der Waals surface area contributed by atoms with Crippen LogP contribution in [0.2, 0.25) is 5.02 Å². The lowest BCUT2D eigenvalue weighted by atomic mass is 10.2. The minimum absolute atomic E-state index is 0.0245. The summed E-state index contributed by atoms with van der Waals surface area (Å²) in [5, 5.41) is 11.8. The molecule has 2 aromatic rings. The van der Waals surface area contributed by atoms with Crippen LogP contribution in [0.4, 0.5) is 5.69 Å². The van der Waals surface area contributed by atoms with Crippen molar-refractivity contribution in [3.05, 3.63) is 50.1 Å². The van der Waals surface area contributed by atoms with Crippen LogP contribution in [0.25, 0.3) is 0 Å². The normalized spacial score (nSPS) is 12.2. The van der Waals surface area contributed by atoms with Crippen molar-refractivity contribution >= 4 is 50.5 Å². The third kappa shape index (κ3) is 3.75. The predicted octanol–water partition coefficient (Wildman–Crippen LogP) is 4.82. The van der Waals surface area contributed by atoms with Gasteiger partial charge >= 0.3 is 5.97 Å². The van der Waals surface area contributed by atoms with Crippen LogP contribution in [0.1, 0.15) is 17.8 Å². The topological polar surface area (TPSA) is 40.5 Å². The first-order chi connectivity index (χ1) is 9.47. The van der Waals surface area contributed by atoms with Gasteiger partial charge in [-0.1, -0.05) is 11.6 Å². The number of aliphatic carboxylic acids is 1. The van der Waals surface area contributed by atoms with Crippen LogP contribution in [0.15, 0.2) is 40.2 Å². The third-order valence-corrected chi connectivity index (χ3v) is 5.05. The largest absolute Gasteiger partial charge is 0.480 e. The maximum absolute atomic E-state index is 11.1. The molecule has 1 atom stereocenters. The van der Waals surface area contributed by atoms with Crippen molar-refractivity contribution < 1.29 is 9.90 Å². The van der Waals surface area contributed by atoms with Crippen LogP contribution in [0.5, 0.6) is 0 Å². The van der Waals surface area contributed by atoms with Crippen molar-refractivity contribution in [2.75, 3.05) is 11.4 Å². The second-order valence-electron chi connectivity index (χ2n) is 4.34. The molecule has 0 aliphatic rings. The Labute approximate surface area is 134 Å². The van der Waals surface area contributed by atoms with E-state index in [1.165, 1.54) is 0 Å². The Balaban J connectivity index is 2.31. The summed E-state index contributed by atoms with van der Waals surface area (Å²) in [6.45, 7) is 1.94. The molecule has 1 heterocycles. The summed E-state index contributed by atoms with van der Waals surface area (Å²) in [5.41, 5.74) is 0.842. The summed E-state index contributed by atoms with van der Waals surface area (Å²) in [5.74, 6) is -0.859. The first-order valence-corrected chi connectivity index (χ1v) is 8.00. The van der Waals surface area contributed by atoms with Gasteiger partial charge in [0, 0.05) is 25.4 Å². The minimum Gasteiger partial charge on any atom is -0.480 e. The SMILES string of the molecule is CC(c1cc(Br)cs1)N(CC(=O)O)c1ccc(Cl)cc1. The number of hydrogen-bond acceptors (Lipinski definition) is 3. The van der Waals surface area contributed by atoms with Gasteiger partial charge in [0.25, 0.3) is 0 Å². The molecule has 1 aromatic carbocycles. The standard InChI is InChI=1S/C14H13BrClNO2S/c1-9(13-6-10(15)8-20-13)17(7-14(18)19)12-4-2-11(16)3-5-12/h2-6,8-9H,7H2,1H3,(H,18,19). The van der Waals surface area contributed by atoms with Crippen LogP contribution in [0, 0.1) is 0 Å². The number of hydrogen-bond donors (Lipinski definition) is 1. The number of benzene rings is 1. The first-order valence-electron chi connectivity index (χ1n) is 5.95. The molecule has 0 aliphatic carbocycles. The number of nitrogens with zero attached hydrogens (tertiary/aromatic N) is 1. The van der Waals surface area contributed by atoms with E-state index in [4.69, 9.17) is 16.7 Å². The lowest BCUT2D eigenvalue weighted by molar-refractivity contribution is -0.135. The van der Waals surface area contributed by atoms with E-state index in [2.05, 4.69) is 15.9 Å². The summed E-state index contributed by atoms with van der Waals surface area (Å²) in [6, 6.07) is 9.20. The van der Waals surface area contributed by atoms with Crippen molar-refractivity contribution in [2.45, 2.75) is 13.0 Å². The first kappa shape index (κ1) is 15.4. The molecule has 106 valence electrons. The zero-order valence-electron chi connectivity index (χ0n) is 10.7. The molecule has 2 rings (SSSR count). The zero-order chi connectivity index (χ0) is 14.7. The van der Waals surface area contributed by atoms with E-state index >= 15 is 0 Å². The van der Waals surface area contributed by atoms with Gasteiger partial charge in [-0.3, -0.25) is 4.79 Å². The van der Waals surface area contributed by atoms with Crippen LogP contribution < -0.4 is 4.90 Å². The Kier molecular flexibility index (Phi) is 5.07. The number of thiophene rings is 1. The van der Waals surface area contributed by atoms with E-state index < -0.39 is 5.97 Å². The number of carboxylic acids is 1. The zero-order valence-corrected chi connectivity index (χ0v) is 13.9. The molecular formula is C14H13BrClNO2S. The molecule has 1 aromatic heterocycles. The Morgan fingerprint density at radius 3 is 2.60 bits per heavy atom. The highest BCUT2D eigenvalue weighted by atomic mass is 79.9. The van der Waals surface area contributed by atoms with Crippen molar-refractivity contribution in [2.24, 2.45) is 0 Å². The molecule has 0 radical (unpaired) electrons. The maximum atomic E-state index is 11.1. The van der Waals surface area contributed by atoms with Gasteiger partial charge in [-0.05, 0) is 53.2 Å². The molecule has 0 saturated carbocycles. The highest BCUT2D eigenvalue weighted by molar-refractivity contribution is 9.10. The Morgan fingerprint density at radius 2 is 2.10 bits per heavy atom. The molecule has 0 bridgehead atoms. The van der Waals surface area contributed by atoms with Gasteiger partial charge in [-0.25, -0.2) is 0 Å². The molecule has 1 N–H and O–H groups in total. The number of carbonyl (C=O) groups is 1. The molecule has 0 spiro atoms. The lowest BCUT2D eigenvalue weighted by Crippen LogP contribution is -2.31. The monoisotopic (exact) mass is 373 g/mol. The van der Waals surface area contributed by atoms with Crippen molar-refractivity contribution in [1.82, 2.24) is 0 Å². The molecule has 6 heteroatoms. The van der Waals surface area contributed by atoms with E-state index in [1.807, 2.05) is 35.4 Å². The van der Waals surface area contributed by atoms with E-state index in [0.29, 0.717) is 5.02 Å². The molecular weight excluding hydrogens is 362 g/mol. The fraction of sp³-hybridized carbons (Fsp3) is 0.214. The van der Waals surface area contributed by atoms with Crippen LogP contribution >= 0.6 is 38.9 Å². The van der Waals surface area contributed by atoms with Gasteiger partial charge in [-0.15, -0.1) is 11.3 Å². The molecule has 0 fully saturated rings. The van der Waals surface area contributed by atoms with Crippen LogP contribution in [-0.2, 0) is 4.79 Å². The van der Waals surface area contributed by atoms with Gasteiger partial charge in [0.2, 0.25) is 0 Å². The maximum Gasteiger partial charge on any atom is 0.323 e. The fourth-order valence-electron chi connectivity index (χ4n) is 1.93. The lowest BCUT2D eigenvalue weighted by Gasteiger charge is -2.29. The van der Waals surface area contributed by atoms with E-state index in [9.17, 15) is 4.79 Å². The highest BCUT2D eigenvalue weighted by Gasteiger charge is 2.20. The van der Waals surface area contributed by atoms with Gasteiger partial charge in [-0.2, -0.15) is 0 Å².